The third-order valence-electron chi connectivity index (χ3n) is 4.10. The van der Waals surface area contributed by atoms with E-state index in [4.69, 9.17) is 5.11 Å². The lowest BCUT2D eigenvalue weighted by molar-refractivity contribution is -0.141. The Morgan fingerprint density at radius 2 is 2.14 bits per heavy atom. The number of amides is 2. The zero-order chi connectivity index (χ0) is 16.3. The van der Waals surface area contributed by atoms with Gasteiger partial charge in [-0.1, -0.05) is 19.1 Å². The highest BCUT2D eigenvalue weighted by atomic mass is 19.1. The fraction of sp³-hybridized carbons (Fsp3) is 0.500. The van der Waals surface area contributed by atoms with Crippen molar-refractivity contribution in [1.29, 1.82) is 0 Å². The normalized spacial score (nSPS) is 21.6. The second-order valence-corrected chi connectivity index (χ2v) is 5.99. The van der Waals surface area contributed by atoms with E-state index >= 15 is 0 Å². The average molecular weight is 308 g/mol. The minimum Gasteiger partial charge on any atom is -0.481 e. The summed E-state index contributed by atoms with van der Waals surface area (Å²) < 4.78 is 13.2. The molecule has 2 rings (SSSR count). The molecule has 1 aliphatic rings. The molecule has 0 aliphatic heterocycles. The van der Waals surface area contributed by atoms with Crippen molar-refractivity contribution in [2.24, 2.45) is 5.92 Å². The van der Waals surface area contributed by atoms with Crippen molar-refractivity contribution >= 4 is 12.0 Å². The maximum absolute atomic E-state index is 13.2. The van der Waals surface area contributed by atoms with Crippen LogP contribution < -0.4 is 5.32 Å². The lowest BCUT2D eigenvalue weighted by Gasteiger charge is -2.37. The molecule has 1 unspecified atom stereocenters. The summed E-state index contributed by atoms with van der Waals surface area (Å²) in [5, 5.41) is 11.7. The van der Waals surface area contributed by atoms with Crippen LogP contribution in [-0.4, -0.2) is 41.6 Å². The molecule has 22 heavy (non-hydrogen) atoms. The summed E-state index contributed by atoms with van der Waals surface area (Å²) in [6, 6.07) is 6.33. The second kappa shape index (κ2) is 6.77. The van der Waals surface area contributed by atoms with Crippen molar-refractivity contribution < 1.29 is 19.1 Å². The van der Waals surface area contributed by atoms with Crippen LogP contribution in [0.3, 0.4) is 0 Å². The number of halogens is 1. The van der Waals surface area contributed by atoms with Crippen molar-refractivity contribution in [1.82, 2.24) is 10.2 Å². The van der Waals surface area contributed by atoms with Crippen molar-refractivity contribution in [3.8, 4) is 0 Å². The van der Waals surface area contributed by atoms with Crippen LogP contribution in [0.1, 0.15) is 31.2 Å². The molecule has 1 aliphatic carbocycles. The van der Waals surface area contributed by atoms with Gasteiger partial charge in [0.1, 0.15) is 5.82 Å². The Morgan fingerprint density at radius 3 is 2.73 bits per heavy atom. The lowest BCUT2D eigenvalue weighted by Crippen LogP contribution is -2.49. The number of hydrogen-bond donors (Lipinski definition) is 2. The molecular weight excluding hydrogens is 287 g/mol. The molecule has 1 saturated carbocycles. The van der Waals surface area contributed by atoms with Crippen molar-refractivity contribution in [2.75, 3.05) is 13.6 Å². The maximum Gasteiger partial charge on any atom is 0.317 e. The van der Waals surface area contributed by atoms with Gasteiger partial charge in [0.2, 0.25) is 0 Å². The summed E-state index contributed by atoms with van der Waals surface area (Å²) in [5.74, 6) is -1.50. The van der Waals surface area contributed by atoms with Crippen molar-refractivity contribution in [3.05, 3.63) is 35.6 Å². The number of carbonyl (C=O) groups excluding carboxylic acids is 1. The van der Waals surface area contributed by atoms with E-state index < -0.39 is 11.9 Å². The van der Waals surface area contributed by atoms with Crippen LogP contribution in [0.2, 0.25) is 0 Å². The summed E-state index contributed by atoms with van der Waals surface area (Å²) in [4.78, 5) is 24.1. The molecule has 0 radical (unpaired) electrons. The van der Waals surface area contributed by atoms with Gasteiger partial charge in [-0.15, -0.1) is 0 Å². The van der Waals surface area contributed by atoms with Crippen LogP contribution in [0.5, 0.6) is 0 Å². The van der Waals surface area contributed by atoms with Crippen LogP contribution in [0, 0.1) is 11.7 Å². The second-order valence-electron chi connectivity index (χ2n) is 5.99. The predicted molar refractivity (Wildman–Crippen MR) is 80.1 cm³/mol. The highest BCUT2D eigenvalue weighted by Crippen LogP contribution is 2.37. The number of aliphatic carboxylic acids is 1. The van der Waals surface area contributed by atoms with E-state index in [-0.39, 0.29) is 30.4 Å². The van der Waals surface area contributed by atoms with Crippen LogP contribution in [0.15, 0.2) is 24.3 Å². The Labute approximate surface area is 129 Å². The molecule has 0 aromatic heterocycles. The molecule has 1 fully saturated rings. The van der Waals surface area contributed by atoms with Crippen LogP contribution in [0.4, 0.5) is 9.18 Å². The smallest absolute Gasteiger partial charge is 0.317 e. The summed E-state index contributed by atoms with van der Waals surface area (Å²) >= 11 is 0. The summed E-state index contributed by atoms with van der Waals surface area (Å²) in [6.45, 7) is 1.73. The minimum atomic E-state index is -0.922. The number of nitrogens with one attached hydrogen (secondary N) is 1. The molecule has 0 heterocycles. The molecule has 1 atom stereocenters. The third kappa shape index (κ3) is 3.96. The molecule has 2 amide bonds. The van der Waals surface area contributed by atoms with Gasteiger partial charge in [-0.05, 0) is 36.5 Å². The lowest BCUT2D eigenvalue weighted by atomic mass is 9.76. The van der Waals surface area contributed by atoms with Crippen molar-refractivity contribution in [3.63, 3.8) is 0 Å². The van der Waals surface area contributed by atoms with E-state index in [1.807, 2.05) is 6.07 Å². The van der Waals surface area contributed by atoms with E-state index in [0.29, 0.717) is 0 Å². The monoisotopic (exact) mass is 308 g/mol. The van der Waals surface area contributed by atoms with Crippen molar-refractivity contribution in [2.45, 2.75) is 31.7 Å². The topological polar surface area (TPSA) is 69.6 Å². The van der Waals surface area contributed by atoms with E-state index in [2.05, 4.69) is 5.32 Å². The molecule has 0 spiro atoms. The largest absolute Gasteiger partial charge is 0.481 e. The number of hydrogen-bond acceptors (Lipinski definition) is 2. The highest BCUT2D eigenvalue weighted by molar-refractivity contribution is 5.76. The van der Waals surface area contributed by atoms with Gasteiger partial charge in [-0.25, -0.2) is 9.18 Å². The molecule has 120 valence electrons. The first kappa shape index (κ1) is 16.3. The van der Waals surface area contributed by atoms with Crippen LogP contribution >= 0.6 is 0 Å². The van der Waals surface area contributed by atoms with Gasteiger partial charge in [-0.3, -0.25) is 4.79 Å². The SMILES string of the molecule is CC(CN(C)C(=O)NC1CC(c2cccc(F)c2)C1)C(=O)O. The maximum atomic E-state index is 13.2. The first-order chi connectivity index (χ1) is 10.4. The number of urea groups is 1. The number of carboxylic acid groups (broad SMARTS) is 1. The Bertz CT molecular complexity index is 558. The molecule has 1 aromatic carbocycles. The van der Waals surface area contributed by atoms with E-state index in [1.54, 1.807) is 20.0 Å². The number of nitrogens with zero attached hydrogens (tertiary/aromatic N) is 1. The standard InChI is InChI=1S/C16H21FN2O3/c1-10(15(20)21)9-19(2)16(22)18-14-7-12(8-14)11-4-3-5-13(17)6-11/h3-6,10,12,14H,7-9H2,1-2H3,(H,18,22)(H,20,21). The van der Waals surface area contributed by atoms with E-state index in [9.17, 15) is 14.0 Å². The molecule has 2 N–H and O–H groups in total. The van der Waals surface area contributed by atoms with Gasteiger partial charge in [0.05, 0.1) is 5.92 Å². The van der Waals surface area contributed by atoms with Crippen LogP contribution in [0.25, 0.3) is 0 Å². The Balaban J connectivity index is 1.77. The van der Waals surface area contributed by atoms with Gasteiger partial charge in [0.15, 0.2) is 0 Å². The zero-order valence-corrected chi connectivity index (χ0v) is 12.8. The first-order valence-corrected chi connectivity index (χ1v) is 7.36. The van der Waals surface area contributed by atoms with E-state index in [1.165, 1.54) is 17.0 Å². The number of rotatable bonds is 5. The van der Waals surface area contributed by atoms with Gasteiger partial charge in [0, 0.05) is 19.6 Å². The summed E-state index contributed by atoms with van der Waals surface area (Å²) in [6.07, 6.45) is 1.55. The molecule has 5 nitrogen and oxygen atoms in total. The highest BCUT2D eigenvalue weighted by Gasteiger charge is 2.32. The van der Waals surface area contributed by atoms with Gasteiger partial charge < -0.3 is 15.3 Å². The average Bonchev–Trinajstić information content (AvgIpc) is 2.41. The first-order valence-electron chi connectivity index (χ1n) is 7.36. The Hall–Kier alpha value is -2.11. The molecule has 1 aromatic rings. The Morgan fingerprint density at radius 1 is 1.45 bits per heavy atom. The zero-order valence-electron chi connectivity index (χ0n) is 12.8. The molecule has 0 saturated heterocycles. The summed E-state index contributed by atoms with van der Waals surface area (Å²) in [7, 11) is 1.58. The van der Waals surface area contributed by atoms with Gasteiger partial charge >= 0.3 is 12.0 Å². The van der Waals surface area contributed by atoms with Gasteiger partial charge in [0.25, 0.3) is 0 Å². The minimum absolute atomic E-state index is 0.0587. The predicted octanol–water partition coefficient (Wildman–Crippen LogP) is 2.43. The molecule has 0 bridgehead atoms. The number of carboxylic acids is 1. The third-order valence-corrected chi connectivity index (χ3v) is 4.10. The fourth-order valence-electron chi connectivity index (χ4n) is 2.63. The van der Waals surface area contributed by atoms with E-state index in [0.717, 1.165) is 18.4 Å². The summed E-state index contributed by atoms with van der Waals surface area (Å²) in [5.41, 5.74) is 0.957. The Kier molecular flexibility index (Phi) is 5.00. The molecular formula is C16H21FN2O3. The van der Waals surface area contributed by atoms with Crippen LogP contribution in [-0.2, 0) is 4.79 Å². The quantitative estimate of drug-likeness (QED) is 0.877. The fourth-order valence-corrected chi connectivity index (χ4v) is 2.63. The van der Waals surface area contributed by atoms with Gasteiger partial charge in [-0.2, -0.15) is 0 Å². The number of benzene rings is 1. The molecule has 6 heteroatoms. The number of carbonyl (C=O) groups is 2.